The molecule has 0 aromatic carbocycles. The van der Waals surface area contributed by atoms with Crippen LogP contribution in [0.3, 0.4) is 0 Å². The molecule has 1 heterocycles. The summed E-state index contributed by atoms with van der Waals surface area (Å²) in [5, 5.41) is 27.6. The molecular formula is C6H12O7S. The molecule has 1 fully saturated rings. The van der Waals surface area contributed by atoms with Crippen LogP contribution in [0.25, 0.3) is 0 Å². The summed E-state index contributed by atoms with van der Waals surface area (Å²) in [5.41, 5.74) is 0. The molecule has 1 saturated heterocycles. The molecule has 14 heavy (non-hydrogen) atoms. The van der Waals surface area contributed by atoms with Crippen LogP contribution in [0.1, 0.15) is 6.42 Å². The lowest BCUT2D eigenvalue weighted by Crippen LogP contribution is -2.50. The molecule has 1 unspecified atom stereocenters. The third-order valence-corrected chi connectivity index (χ3v) is 2.22. The van der Waals surface area contributed by atoms with Crippen LogP contribution >= 0.6 is 0 Å². The van der Waals surface area contributed by atoms with E-state index in [1.807, 2.05) is 0 Å². The molecule has 0 saturated carbocycles. The highest BCUT2D eigenvalue weighted by Crippen LogP contribution is 2.19. The van der Waals surface area contributed by atoms with Gasteiger partial charge in [-0.1, -0.05) is 0 Å². The maximum atomic E-state index is 10.1. The molecule has 4 N–H and O–H groups in total. The quantitative estimate of drug-likeness (QED) is 0.411. The summed E-state index contributed by atoms with van der Waals surface area (Å²) in [6.07, 6.45) is -4.67. The van der Waals surface area contributed by atoms with Crippen LogP contribution in [0.15, 0.2) is 0 Å². The van der Waals surface area contributed by atoms with Crippen LogP contribution < -0.4 is 0 Å². The van der Waals surface area contributed by atoms with E-state index in [-0.39, 0.29) is 13.0 Å². The fourth-order valence-electron chi connectivity index (χ4n) is 1.19. The van der Waals surface area contributed by atoms with Crippen molar-refractivity contribution in [3.63, 3.8) is 0 Å². The summed E-state index contributed by atoms with van der Waals surface area (Å²) in [7, 11) is 0. The van der Waals surface area contributed by atoms with E-state index < -0.39 is 36.0 Å². The van der Waals surface area contributed by atoms with E-state index in [1.54, 1.807) is 0 Å². The predicted molar refractivity (Wildman–Crippen MR) is 44.2 cm³/mol. The molecule has 7 nitrogen and oxygen atoms in total. The molecule has 8 heteroatoms. The molecule has 1 aliphatic rings. The van der Waals surface area contributed by atoms with Crippen molar-refractivity contribution in [2.45, 2.75) is 31.0 Å². The van der Waals surface area contributed by atoms with Gasteiger partial charge in [0.25, 0.3) is 0 Å². The number of ether oxygens (including phenoxy) is 1. The fraction of sp³-hybridized carbons (Fsp3) is 1.00. The number of aliphatic hydroxyl groups excluding tert-OH is 3. The number of aliphatic hydroxyl groups is 3. The SMILES string of the molecule is O=S(O)OC[C@H]1O[C@@H](O)C[C@@H](O)[C@@H]1O. The maximum absolute atomic E-state index is 10.1. The van der Waals surface area contributed by atoms with Gasteiger partial charge in [-0.2, -0.15) is 4.21 Å². The molecule has 1 rings (SSSR count). The first kappa shape index (κ1) is 12.0. The van der Waals surface area contributed by atoms with Gasteiger partial charge in [0, 0.05) is 6.42 Å². The van der Waals surface area contributed by atoms with Crippen molar-refractivity contribution in [3.8, 4) is 0 Å². The largest absolute Gasteiger partial charge is 0.390 e. The molecule has 5 atom stereocenters. The van der Waals surface area contributed by atoms with E-state index >= 15 is 0 Å². The Labute approximate surface area is 82.8 Å². The second-order valence-corrected chi connectivity index (χ2v) is 3.59. The summed E-state index contributed by atoms with van der Waals surface area (Å²) in [6.45, 7) is -0.377. The van der Waals surface area contributed by atoms with Crippen molar-refractivity contribution >= 4 is 11.4 Å². The first-order chi connectivity index (χ1) is 6.50. The predicted octanol–water partition coefficient (Wildman–Crippen LogP) is -2.03. The van der Waals surface area contributed by atoms with Gasteiger partial charge in [0.2, 0.25) is 0 Å². The molecule has 0 amide bonds. The van der Waals surface area contributed by atoms with Gasteiger partial charge in [0.05, 0.1) is 12.7 Å². The maximum Gasteiger partial charge on any atom is 0.301 e. The minimum Gasteiger partial charge on any atom is -0.390 e. The Morgan fingerprint density at radius 3 is 2.64 bits per heavy atom. The van der Waals surface area contributed by atoms with Crippen LogP contribution in [0.4, 0.5) is 0 Å². The third-order valence-electron chi connectivity index (χ3n) is 1.88. The van der Waals surface area contributed by atoms with Gasteiger partial charge in [-0.3, -0.25) is 8.74 Å². The fourth-order valence-corrected chi connectivity index (χ4v) is 1.45. The van der Waals surface area contributed by atoms with E-state index in [0.717, 1.165) is 0 Å². The number of rotatable bonds is 3. The topological polar surface area (TPSA) is 116 Å². The number of hydrogen-bond acceptors (Lipinski definition) is 6. The van der Waals surface area contributed by atoms with Crippen LogP contribution in [0, 0.1) is 0 Å². The van der Waals surface area contributed by atoms with Gasteiger partial charge in [-0.25, -0.2) is 0 Å². The monoisotopic (exact) mass is 228 g/mol. The van der Waals surface area contributed by atoms with Crippen LogP contribution in [0.5, 0.6) is 0 Å². The lowest BCUT2D eigenvalue weighted by molar-refractivity contribution is -0.237. The summed E-state index contributed by atoms with van der Waals surface area (Å²) in [5.74, 6) is 0. The number of hydrogen-bond donors (Lipinski definition) is 4. The van der Waals surface area contributed by atoms with Crippen LogP contribution in [-0.4, -0.2) is 55.3 Å². The van der Waals surface area contributed by atoms with Gasteiger partial charge < -0.3 is 20.1 Å². The van der Waals surface area contributed by atoms with Crippen molar-refractivity contribution in [1.29, 1.82) is 0 Å². The highest BCUT2D eigenvalue weighted by atomic mass is 32.2. The van der Waals surface area contributed by atoms with Gasteiger partial charge in [0.1, 0.15) is 12.2 Å². The van der Waals surface area contributed by atoms with Crippen molar-refractivity contribution < 1.29 is 33.0 Å². The average Bonchev–Trinajstić information content (AvgIpc) is 2.08. The Hall–Kier alpha value is -0.0900. The van der Waals surface area contributed by atoms with Crippen molar-refractivity contribution in [3.05, 3.63) is 0 Å². The molecule has 0 aromatic rings. The van der Waals surface area contributed by atoms with E-state index in [0.29, 0.717) is 0 Å². The lowest BCUT2D eigenvalue weighted by Gasteiger charge is -2.34. The second kappa shape index (κ2) is 5.12. The Morgan fingerprint density at radius 1 is 1.43 bits per heavy atom. The van der Waals surface area contributed by atoms with E-state index in [1.165, 1.54) is 0 Å². The van der Waals surface area contributed by atoms with Gasteiger partial charge in [-0.05, 0) is 0 Å². The van der Waals surface area contributed by atoms with Crippen LogP contribution in [0.2, 0.25) is 0 Å². The van der Waals surface area contributed by atoms with E-state index in [2.05, 4.69) is 4.18 Å². The molecule has 84 valence electrons. The normalized spacial score (nSPS) is 40.9. The highest BCUT2D eigenvalue weighted by molar-refractivity contribution is 7.74. The first-order valence-corrected chi connectivity index (χ1v) is 4.97. The molecular weight excluding hydrogens is 216 g/mol. The summed E-state index contributed by atoms with van der Waals surface area (Å²) < 4.78 is 27.5. The molecule has 0 aliphatic carbocycles. The van der Waals surface area contributed by atoms with E-state index in [4.69, 9.17) is 14.4 Å². The minimum absolute atomic E-state index is 0.0973. The van der Waals surface area contributed by atoms with Crippen molar-refractivity contribution in [2.75, 3.05) is 6.61 Å². The minimum atomic E-state index is -2.46. The van der Waals surface area contributed by atoms with Crippen molar-refractivity contribution in [2.24, 2.45) is 0 Å². The van der Waals surface area contributed by atoms with E-state index in [9.17, 15) is 14.4 Å². The standard InChI is InChI=1S/C6H12O7S/c7-3-1-5(8)13-4(6(3)9)2-12-14(10)11/h3-9H,1-2H2,(H,10,11)/t3-,4-,5-,6+/m1/s1. The van der Waals surface area contributed by atoms with Gasteiger partial charge in [-0.15, -0.1) is 0 Å². The third kappa shape index (κ3) is 3.24. The molecule has 0 radical (unpaired) electrons. The zero-order valence-electron chi connectivity index (χ0n) is 7.15. The smallest absolute Gasteiger partial charge is 0.301 e. The van der Waals surface area contributed by atoms with Crippen LogP contribution in [-0.2, 0) is 20.3 Å². The zero-order chi connectivity index (χ0) is 10.7. The average molecular weight is 228 g/mol. The van der Waals surface area contributed by atoms with Gasteiger partial charge >= 0.3 is 11.4 Å². The molecule has 0 spiro atoms. The molecule has 0 aromatic heterocycles. The highest BCUT2D eigenvalue weighted by Gasteiger charge is 2.36. The van der Waals surface area contributed by atoms with Gasteiger partial charge in [0.15, 0.2) is 6.29 Å². The molecule has 1 aliphatic heterocycles. The lowest BCUT2D eigenvalue weighted by atomic mass is 10.0. The zero-order valence-corrected chi connectivity index (χ0v) is 7.96. The van der Waals surface area contributed by atoms with Crippen molar-refractivity contribution in [1.82, 2.24) is 0 Å². The Kier molecular flexibility index (Phi) is 4.38. The summed E-state index contributed by atoms with van der Waals surface area (Å²) in [6, 6.07) is 0. The Balaban J connectivity index is 2.45. The first-order valence-electron chi connectivity index (χ1n) is 3.94. The summed E-state index contributed by atoms with van der Waals surface area (Å²) >= 11 is -2.46. The second-order valence-electron chi connectivity index (χ2n) is 2.92. The Morgan fingerprint density at radius 2 is 2.07 bits per heavy atom. The summed E-state index contributed by atoms with van der Waals surface area (Å²) in [4.78, 5) is 0. The molecule has 0 bridgehead atoms. The Bertz CT molecular complexity index is 210.